The molecule has 4 rings (SSSR count). The first kappa shape index (κ1) is 19.0. The minimum atomic E-state index is -0.315. The second-order valence-corrected chi connectivity index (χ2v) is 7.78. The van der Waals surface area contributed by atoms with Crippen molar-refractivity contribution in [1.29, 1.82) is 0 Å². The van der Waals surface area contributed by atoms with Gasteiger partial charge < -0.3 is 4.90 Å². The van der Waals surface area contributed by atoms with Crippen LogP contribution in [0.2, 0.25) is 5.02 Å². The summed E-state index contributed by atoms with van der Waals surface area (Å²) in [6.45, 7) is 3.64. The summed E-state index contributed by atoms with van der Waals surface area (Å²) in [5.74, 6) is -0.0969. The maximum Gasteiger partial charge on any atom is 0.247 e. The lowest BCUT2D eigenvalue weighted by atomic mass is 10.1. The van der Waals surface area contributed by atoms with E-state index in [4.69, 9.17) is 11.6 Å². The molecule has 0 radical (unpaired) electrons. The van der Waals surface area contributed by atoms with Crippen molar-refractivity contribution in [3.8, 4) is 0 Å². The Morgan fingerprint density at radius 1 is 0.929 bits per heavy atom. The lowest BCUT2D eigenvalue weighted by Gasteiger charge is -2.38. The summed E-state index contributed by atoms with van der Waals surface area (Å²) in [5, 5.41) is 0.727. The number of halogens is 1. The van der Waals surface area contributed by atoms with Gasteiger partial charge in [-0.3, -0.25) is 19.4 Å². The molecule has 2 fully saturated rings. The fourth-order valence-electron chi connectivity index (χ4n) is 4.04. The SMILES string of the molecule is O=C1CC(N2CCN(c3cccc(Cl)c3)CC2)C(=O)N1CCc1ccccc1. The average Bonchev–Trinajstić information content (AvgIpc) is 3.01. The number of nitrogens with zero attached hydrogens (tertiary/aromatic N) is 3. The van der Waals surface area contributed by atoms with Crippen LogP contribution in [0.5, 0.6) is 0 Å². The number of carbonyl (C=O) groups excluding carboxylic acids is 2. The van der Waals surface area contributed by atoms with Crippen LogP contribution in [0.15, 0.2) is 54.6 Å². The Bertz CT molecular complexity index is 850. The highest BCUT2D eigenvalue weighted by Gasteiger charge is 2.42. The van der Waals surface area contributed by atoms with Gasteiger partial charge in [-0.15, -0.1) is 0 Å². The van der Waals surface area contributed by atoms with E-state index in [0.29, 0.717) is 19.4 Å². The number of imide groups is 1. The van der Waals surface area contributed by atoms with Gasteiger partial charge in [-0.25, -0.2) is 0 Å². The lowest BCUT2D eigenvalue weighted by Crippen LogP contribution is -2.52. The minimum Gasteiger partial charge on any atom is -0.369 e. The number of hydrogen-bond donors (Lipinski definition) is 0. The predicted octanol–water partition coefficient (Wildman–Crippen LogP) is 2.83. The van der Waals surface area contributed by atoms with Gasteiger partial charge in [0.25, 0.3) is 0 Å². The van der Waals surface area contributed by atoms with E-state index in [9.17, 15) is 9.59 Å². The molecule has 0 aromatic heterocycles. The topological polar surface area (TPSA) is 43.9 Å². The lowest BCUT2D eigenvalue weighted by molar-refractivity contribution is -0.139. The largest absolute Gasteiger partial charge is 0.369 e. The van der Waals surface area contributed by atoms with Crippen LogP contribution in [-0.2, 0) is 16.0 Å². The zero-order valence-corrected chi connectivity index (χ0v) is 16.5. The summed E-state index contributed by atoms with van der Waals surface area (Å²) in [5.41, 5.74) is 2.24. The third-order valence-corrected chi connectivity index (χ3v) is 5.85. The molecule has 2 aromatic carbocycles. The highest BCUT2D eigenvalue weighted by Crippen LogP contribution is 2.24. The van der Waals surface area contributed by atoms with Gasteiger partial charge in [0.2, 0.25) is 11.8 Å². The van der Waals surface area contributed by atoms with E-state index in [1.165, 1.54) is 4.90 Å². The molecule has 1 atom stereocenters. The Kier molecular flexibility index (Phi) is 5.64. The summed E-state index contributed by atoms with van der Waals surface area (Å²) in [6, 6.07) is 17.5. The normalized spacial score (nSPS) is 20.8. The summed E-state index contributed by atoms with van der Waals surface area (Å²) >= 11 is 6.10. The summed E-state index contributed by atoms with van der Waals surface area (Å²) in [6.07, 6.45) is 0.998. The number of benzene rings is 2. The number of piperazine rings is 1. The third kappa shape index (κ3) is 4.05. The zero-order chi connectivity index (χ0) is 19.5. The number of rotatable bonds is 5. The van der Waals surface area contributed by atoms with Gasteiger partial charge in [-0.05, 0) is 30.2 Å². The number of amides is 2. The van der Waals surface area contributed by atoms with Crippen LogP contribution in [0.3, 0.4) is 0 Å². The Morgan fingerprint density at radius 3 is 2.39 bits per heavy atom. The molecule has 0 bridgehead atoms. The number of hydrogen-bond acceptors (Lipinski definition) is 4. The van der Waals surface area contributed by atoms with Gasteiger partial charge in [-0.1, -0.05) is 48.0 Å². The van der Waals surface area contributed by atoms with Crippen LogP contribution in [0.25, 0.3) is 0 Å². The Labute approximate surface area is 170 Å². The molecule has 1 unspecified atom stereocenters. The first-order valence-electron chi connectivity index (χ1n) is 9.74. The maximum atomic E-state index is 12.9. The van der Waals surface area contributed by atoms with E-state index in [1.807, 2.05) is 48.5 Å². The smallest absolute Gasteiger partial charge is 0.247 e. The van der Waals surface area contributed by atoms with E-state index in [-0.39, 0.29) is 17.9 Å². The van der Waals surface area contributed by atoms with Crippen molar-refractivity contribution in [3.05, 3.63) is 65.2 Å². The molecule has 0 aliphatic carbocycles. The average molecular weight is 398 g/mol. The van der Waals surface area contributed by atoms with Crippen molar-refractivity contribution in [2.45, 2.75) is 18.9 Å². The van der Waals surface area contributed by atoms with Gasteiger partial charge in [-0.2, -0.15) is 0 Å². The fourth-order valence-corrected chi connectivity index (χ4v) is 4.22. The Balaban J connectivity index is 1.34. The number of likely N-dealkylation sites (tertiary alicyclic amines) is 1. The molecule has 0 saturated carbocycles. The molecule has 2 amide bonds. The maximum absolute atomic E-state index is 12.9. The van der Waals surface area contributed by atoms with Gasteiger partial charge in [0.1, 0.15) is 0 Å². The fraction of sp³-hybridized carbons (Fsp3) is 0.364. The quantitative estimate of drug-likeness (QED) is 0.728. The molecule has 2 aromatic rings. The minimum absolute atomic E-state index is 0.0443. The highest BCUT2D eigenvalue weighted by atomic mass is 35.5. The molecule has 146 valence electrons. The van der Waals surface area contributed by atoms with Gasteiger partial charge >= 0.3 is 0 Å². The van der Waals surface area contributed by atoms with Crippen molar-refractivity contribution in [3.63, 3.8) is 0 Å². The van der Waals surface area contributed by atoms with Crippen molar-refractivity contribution < 1.29 is 9.59 Å². The molecule has 0 spiro atoms. The van der Waals surface area contributed by atoms with Crippen LogP contribution in [-0.4, -0.2) is 60.4 Å². The van der Waals surface area contributed by atoms with Crippen LogP contribution in [0.1, 0.15) is 12.0 Å². The molecule has 2 heterocycles. The number of carbonyl (C=O) groups is 2. The van der Waals surface area contributed by atoms with Crippen molar-refractivity contribution >= 4 is 29.1 Å². The van der Waals surface area contributed by atoms with Crippen LogP contribution < -0.4 is 4.90 Å². The predicted molar refractivity (Wildman–Crippen MR) is 111 cm³/mol. The first-order valence-corrected chi connectivity index (χ1v) is 10.1. The van der Waals surface area contributed by atoms with Gasteiger partial charge in [0.15, 0.2) is 0 Å². The summed E-state index contributed by atoms with van der Waals surface area (Å²) in [7, 11) is 0. The Hall–Kier alpha value is -2.37. The molecule has 28 heavy (non-hydrogen) atoms. The molecule has 5 nitrogen and oxygen atoms in total. The first-order chi connectivity index (χ1) is 13.6. The van der Waals surface area contributed by atoms with Crippen molar-refractivity contribution in [2.24, 2.45) is 0 Å². The highest BCUT2D eigenvalue weighted by molar-refractivity contribution is 6.30. The molecule has 6 heteroatoms. The van der Waals surface area contributed by atoms with Crippen molar-refractivity contribution in [2.75, 3.05) is 37.6 Å². The number of anilines is 1. The molecular formula is C22H24ClN3O2. The third-order valence-electron chi connectivity index (χ3n) is 5.62. The van der Waals surface area contributed by atoms with Gasteiger partial charge in [0.05, 0.1) is 12.5 Å². The molecule has 2 aliphatic rings. The summed E-state index contributed by atoms with van der Waals surface area (Å²) < 4.78 is 0. The summed E-state index contributed by atoms with van der Waals surface area (Å²) in [4.78, 5) is 31.2. The van der Waals surface area contributed by atoms with E-state index in [0.717, 1.165) is 42.5 Å². The second kappa shape index (κ2) is 8.33. The van der Waals surface area contributed by atoms with E-state index in [1.54, 1.807) is 0 Å². The standard InChI is InChI=1S/C22H24ClN3O2/c23-18-7-4-8-19(15-18)24-11-13-25(14-12-24)20-16-21(27)26(22(20)28)10-9-17-5-2-1-3-6-17/h1-8,15,20H,9-14,16H2. The van der Waals surface area contributed by atoms with Crippen LogP contribution in [0, 0.1) is 0 Å². The monoisotopic (exact) mass is 397 g/mol. The molecule has 0 N–H and O–H groups in total. The molecule has 2 aliphatic heterocycles. The van der Waals surface area contributed by atoms with E-state index in [2.05, 4.69) is 15.9 Å². The molecule has 2 saturated heterocycles. The van der Waals surface area contributed by atoms with E-state index < -0.39 is 0 Å². The zero-order valence-electron chi connectivity index (χ0n) is 15.8. The van der Waals surface area contributed by atoms with Crippen LogP contribution >= 0.6 is 11.6 Å². The molecular weight excluding hydrogens is 374 g/mol. The van der Waals surface area contributed by atoms with Crippen molar-refractivity contribution in [1.82, 2.24) is 9.80 Å². The Morgan fingerprint density at radius 2 is 1.68 bits per heavy atom. The van der Waals surface area contributed by atoms with Gasteiger partial charge in [0, 0.05) is 43.4 Å². The second-order valence-electron chi connectivity index (χ2n) is 7.34. The van der Waals surface area contributed by atoms with Crippen LogP contribution in [0.4, 0.5) is 5.69 Å². The van der Waals surface area contributed by atoms with E-state index >= 15 is 0 Å².